The maximum Gasteiger partial charge on any atom is 0.344 e. The fourth-order valence-electron chi connectivity index (χ4n) is 6.85. The zero-order chi connectivity index (χ0) is 17.2. The van der Waals surface area contributed by atoms with E-state index in [4.69, 9.17) is 9.47 Å². The second-order valence-corrected chi connectivity index (χ2v) is 9.46. The molecule has 6 aliphatic carbocycles. The Hall–Kier alpha value is -1.32. The standard InChI is InChI=1S/C21H28O4/c1-21(16-6-13-4-14(8-16)9-17(21)7-13)25-19(22)11-24-20(23)18-10-12-2-3-15(18)5-12/h2-3,12-18H,4-11H2,1H3. The fraction of sp³-hybridized carbons (Fsp3) is 0.810. The predicted molar refractivity (Wildman–Crippen MR) is 91.3 cm³/mol. The maximum absolute atomic E-state index is 12.4. The minimum atomic E-state index is -0.359. The molecule has 136 valence electrons. The van der Waals surface area contributed by atoms with Crippen LogP contribution >= 0.6 is 0 Å². The molecule has 0 N–H and O–H groups in total. The lowest BCUT2D eigenvalue weighted by Gasteiger charge is -2.59. The zero-order valence-corrected chi connectivity index (χ0v) is 15.0. The Balaban J connectivity index is 1.17. The van der Waals surface area contributed by atoms with E-state index < -0.39 is 0 Å². The van der Waals surface area contributed by atoms with Crippen LogP contribution in [0.2, 0.25) is 0 Å². The summed E-state index contributed by atoms with van der Waals surface area (Å²) in [6, 6.07) is 0. The molecule has 0 radical (unpaired) electrons. The molecule has 5 fully saturated rings. The van der Waals surface area contributed by atoms with E-state index in [1.165, 1.54) is 32.1 Å². The van der Waals surface area contributed by atoms with Crippen molar-refractivity contribution in [3.8, 4) is 0 Å². The van der Waals surface area contributed by atoms with Gasteiger partial charge in [0.2, 0.25) is 0 Å². The molecule has 4 nitrogen and oxygen atoms in total. The molecule has 0 saturated heterocycles. The number of allylic oxidation sites excluding steroid dienone is 2. The first-order valence-corrected chi connectivity index (χ1v) is 10.1. The van der Waals surface area contributed by atoms with Gasteiger partial charge in [-0.1, -0.05) is 12.2 Å². The second-order valence-electron chi connectivity index (χ2n) is 9.46. The Morgan fingerprint density at radius 1 is 0.960 bits per heavy atom. The summed E-state index contributed by atoms with van der Waals surface area (Å²) in [5.41, 5.74) is -0.341. The first kappa shape index (κ1) is 15.9. The van der Waals surface area contributed by atoms with Crippen molar-refractivity contribution in [3.63, 3.8) is 0 Å². The Morgan fingerprint density at radius 2 is 1.64 bits per heavy atom. The van der Waals surface area contributed by atoms with Crippen molar-refractivity contribution in [2.24, 2.45) is 41.4 Å². The van der Waals surface area contributed by atoms with Crippen LogP contribution in [0.4, 0.5) is 0 Å². The van der Waals surface area contributed by atoms with Gasteiger partial charge in [0.25, 0.3) is 0 Å². The third kappa shape index (κ3) is 2.55. The molecule has 0 amide bonds. The minimum Gasteiger partial charge on any atom is -0.456 e. The normalized spacial score (nSPS) is 48.8. The number of ether oxygens (including phenoxy) is 2. The second kappa shape index (κ2) is 5.59. The quantitative estimate of drug-likeness (QED) is 0.578. The van der Waals surface area contributed by atoms with Gasteiger partial charge in [-0.05, 0) is 87.4 Å². The van der Waals surface area contributed by atoms with Gasteiger partial charge in [-0.15, -0.1) is 0 Å². The van der Waals surface area contributed by atoms with Crippen molar-refractivity contribution in [1.29, 1.82) is 0 Å². The number of hydrogen-bond donors (Lipinski definition) is 0. The lowest BCUT2D eigenvalue weighted by atomic mass is 9.50. The highest BCUT2D eigenvalue weighted by molar-refractivity contribution is 5.78. The molecule has 25 heavy (non-hydrogen) atoms. The van der Waals surface area contributed by atoms with Crippen LogP contribution in [0.3, 0.4) is 0 Å². The Labute approximate surface area is 149 Å². The van der Waals surface area contributed by atoms with Crippen LogP contribution in [0.25, 0.3) is 0 Å². The van der Waals surface area contributed by atoms with E-state index in [0.717, 1.165) is 24.7 Å². The highest BCUT2D eigenvalue weighted by atomic mass is 16.6. The van der Waals surface area contributed by atoms with Gasteiger partial charge in [-0.2, -0.15) is 0 Å². The Kier molecular flexibility index (Phi) is 3.55. The van der Waals surface area contributed by atoms with Crippen LogP contribution in [0.1, 0.15) is 51.9 Å². The number of esters is 2. The van der Waals surface area contributed by atoms with E-state index in [9.17, 15) is 9.59 Å². The van der Waals surface area contributed by atoms with Gasteiger partial charge in [0.1, 0.15) is 5.60 Å². The molecule has 0 aliphatic heterocycles. The van der Waals surface area contributed by atoms with E-state index in [1.54, 1.807) is 0 Å². The predicted octanol–water partition coefficient (Wildman–Crippen LogP) is 3.50. The van der Waals surface area contributed by atoms with Gasteiger partial charge in [0, 0.05) is 0 Å². The third-order valence-electron chi connectivity index (χ3n) is 8.01. The van der Waals surface area contributed by atoms with Crippen molar-refractivity contribution in [2.75, 3.05) is 6.61 Å². The van der Waals surface area contributed by atoms with Gasteiger partial charge in [-0.25, -0.2) is 4.79 Å². The first-order chi connectivity index (χ1) is 12.0. The van der Waals surface area contributed by atoms with Gasteiger partial charge < -0.3 is 9.47 Å². The number of hydrogen-bond acceptors (Lipinski definition) is 4. The van der Waals surface area contributed by atoms with Crippen molar-refractivity contribution in [1.82, 2.24) is 0 Å². The summed E-state index contributed by atoms with van der Waals surface area (Å²) < 4.78 is 11.3. The number of carbonyl (C=O) groups is 2. The van der Waals surface area contributed by atoms with Crippen LogP contribution in [-0.2, 0) is 19.1 Å². The van der Waals surface area contributed by atoms with Crippen LogP contribution in [0, 0.1) is 41.4 Å². The van der Waals surface area contributed by atoms with E-state index >= 15 is 0 Å². The Bertz CT molecular complexity index is 593. The molecule has 4 heteroatoms. The molecule has 0 aromatic rings. The van der Waals surface area contributed by atoms with Crippen LogP contribution < -0.4 is 0 Å². The van der Waals surface area contributed by atoms with E-state index in [-0.39, 0.29) is 30.1 Å². The van der Waals surface area contributed by atoms with Crippen molar-refractivity contribution in [2.45, 2.75) is 57.5 Å². The highest BCUT2D eigenvalue weighted by Crippen LogP contribution is 2.59. The molecule has 6 aliphatic rings. The molecule has 0 aromatic carbocycles. The SMILES string of the molecule is CC1(OC(=O)COC(=O)C2CC3C=CC2C3)C2CC3CC(C2)CC1C3. The summed E-state index contributed by atoms with van der Waals surface area (Å²) in [6.45, 7) is 1.90. The van der Waals surface area contributed by atoms with Crippen LogP contribution in [0.5, 0.6) is 0 Å². The number of carbonyl (C=O) groups excluding carboxylic acids is 2. The highest BCUT2D eigenvalue weighted by Gasteiger charge is 2.57. The molecule has 6 bridgehead atoms. The van der Waals surface area contributed by atoms with E-state index in [1.807, 2.05) is 0 Å². The van der Waals surface area contributed by atoms with Crippen molar-refractivity contribution >= 4 is 11.9 Å². The summed E-state index contributed by atoms with van der Waals surface area (Å²) in [6.07, 6.45) is 12.5. The molecular weight excluding hydrogens is 316 g/mol. The number of rotatable bonds is 4. The molecule has 6 rings (SSSR count). The summed E-state index contributed by atoms with van der Waals surface area (Å²) in [5.74, 6) is 2.90. The lowest BCUT2D eigenvalue weighted by molar-refractivity contribution is -0.207. The van der Waals surface area contributed by atoms with Crippen LogP contribution in [-0.4, -0.2) is 24.1 Å². The zero-order valence-electron chi connectivity index (χ0n) is 15.0. The van der Waals surface area contributed by atoms with Crippen molar-refractivity contribution in [3.05, 3.63) is 12.2 Å². The lowest BCUT2D eigenvalue weighted by Crippen LogP contribution is -2.58. The average molecular weight is 344 g/mol. The van der Waals surface area contributed by atoms with E-state index in [2.05, 4.69) is 19.1 Å². The molecule has 5 saturated carbocycles. The maximum atomic E-state index is 12.4. The van der Waals surface area contributed by atoms with Crippen LogP contribution in [0.15, 0.2) is 12.2 Å². The molecule has 0 heterocycles. The molecule has 0 spiro atoms. The first-order valence-electron chi connectivity index (χ1n) is 10.1. The monoisotopic (exact) mass is 344 g/mol. The fourth-order valence-corrected chi connectivity index (χ4v) is 6.85. The summed E-state index contributed by atoms with van der Waals surface area (Å²) in [4.78, 5) is 24.7. The summed E-state index contributed by atoms with van der Waals surface area (Å²) >= 11 is 0. The number of fused-ring (bicyclic) bond motifs is 2. The Morgan fingerprint density at radius 3 is 2.20 bits per heavy atom. The molecular formula is C21H28O4. The van der Waals surface area contributed by atoms with Gasteiger partial charge in [-0.3, -0.25) is 4.79 Å². The molecule has 0 aromatic heterocycles. The minimum absolute atomic E-state index is 0.0560. The smallest absolute Gasteiger partial charge is 0.344 e. The summed E-state index contributed by atoms with van der Waals surface area (Å²) in [7, 11) is 0. The third-order valence-corrected chi connectivity index (χ3v) is 8.01. The van der Waals surface area contributed by atoms with Gasteiger partial charge in [0.05, 0.1) is 5.92 Å². The molecule has 3 unspecified atom stereocenters. The van der Waals surface area contributed by atoms with Gasteiger partial charge in [0.15, 0.2) is 6.61 Å². The molecule has 3 atom stereocenters. The summed E-state index contributed by atoms with van der Waals surface area (Å²) in [5, 5.41) is 0. The van der Waals surface area contributed by atoms with Crippen molar-refractivity contribution < 1.29 is 19.1 Å². The largest absolute Gasteiger partial charge is 0.456 e. The van der Waals surface area contributed by atoms with E-state index in [0.29, 0.717) is 23.7 Å². The average Bonchev–Trinajstić information content (AvgIpc) is 3.20. The topological polar surface area (TPSA) is 52.6 Å². The van der Waals surface area contributed by atoms with Gasteiger partial charge >= 0.3 is 11.9 Å².